The molecule has 2 aliphatic carbocycles. The van der Waals surface area contributed by atoms with Crippen LogP contribution in [0.5, 0.6) is 0 Å². The lowest BCUT2D eigenvalue weighted by molar-refractivity contribution is 0.168. The third-order valence-electron chi connectivity index (χ3n) is 8.03. The van der Waals surface area contributed by atoms with E-state index < -0.39 is 23.2 Å². The number of hydrogen-bond acceptors (Lipinski definition) is 6. The zero-order valence-electron chi connectivity index (χ0n) is 20.3. The molecule has 1 N–H and O–H groups in total. The zero-order chi connectivity index (χ0) is 25.2. The van der Waals surface area contributed by atoms with Gasteiger partial charge in [0, 0.05) is 12.4 Å². The van der Waals surface area contributed by atoms with Crippen LogP contribution in [0.2, 0.25) is 0 Å². The normalized spacial score (nSPS) is 22.6. The van der Waals surface area contributed by atoms with Crippen molar-refractivity contribution in [2.75, 3.05) is 0 Å². The second-order valence-electron chi connectivity index (χ2n) is 10.4. The van der Waals surface area contributed by atoms with Crippen LogP contribution in [0.4, 0.5) is 8.78 Å². The van der Waals surface area contributed by atoms with Crippen LogP contribution in [0.15, 0.2) is 48.9 Å². The summed E-state index contributed by atoms with van der Waals surface area (Å²) in [6.45, 7) is 6.49. The standard InChI is InChI=1S/C27H26F2N6O/c1-15(36)14-35-10-8-20(34-35)22-12-30-13-23(31-22)27-9-7-17(26(27,2)3)16-11-21(32-33-25(16)27)24-18(28)5-4-6-19(24)29/h4-6,8,10-13,15,17,36H,7,9,14H2,1-3H3/t15-,17+,27+/m1/s1. The maximum absolute atomic E-state index is 14.5. The summed E-state index contributed by atoms with van der Waals surface area (Å²) in [5.41, 5.74) is 3.12. The molecule has 6 rings (SSSR count). The van der Waals surface area contributed by atoms with Gasteiger partial charge in [-0.1, -0.05) is 19.9 Å². The lowest BCUT2D eigenvalue weighted by Gasteiger charge is -2.37. The molecule has 1 saturated carbocycles. The Bertz CT molecular complexity index is 1460. The summed E-state index contributed by atoms with van der Waals surface area (Å²) in [6.07, 6.45) is 6.49. The van der Waals surface area contributed by atoms with Crippen LogP contribution in [0.1, 0.15) is 56.5 Å². The first-order valence-corrected chi connectivity index (χ1v) is 12.1. The van der Waals surface area contributed by atoms with Crippen molar-refractivity contribution in [2.45, 2.75) is 57.6 Å². The van der Waals surface area contributed by atoms with Crippen LogP contribution >= 0.6 is 0 Å². The van der Waals surface area contributed by atoms with Gasteiger partial charge in [-0.15, -0.1) is 5.10 Å². The number of nitrogens with zero attached hydrogens (tertiary/aromatic N) is 6. The van der Waals surface area contributed by atoms with E-state index in [0.717, 1.165) is 29.8 Å². The molecule has 3 atom stereocenters. The summed E-state index contributed by atoms with van der Waals surface area (Å²) < 4.78 is 30.7. The Labute approximate surface area is 207 Å². The Hall–Kier alpha value is -3.59. The third kappa shape index (κ3) is 3.15. The molecular weight excluding hydrogens is 462 g/mol. The van der Waals surface area contributed by atoms with Crippen molar-refractivity contribution in [1.29, 1.82) is 0 Å². The molecular formula is C27H26F2N6O. The first-order chi connectivity index (χ1) is 17.2. The summed E-state index contributed by atoms with van der Waals surface area (Å²) in [5, 5.41) is 23.1. The van der Waals surface area contributed by atoms with Crippen molar-refractivity contribution >= 4 is 0 Å². The number of rotatable bonds is 5. The van der Waals surface area contributed by atoms with Gasteiger partial charge in [-0.05, 0) is 60.9 Å². The topological polar surface area (TPSA) is 89.6 Å². The highest BCUT2D eigenvalue weighted by Crippen LogP contribution is 2.69. The number of aromatic nitrogens is 6. The molecule has 9 heteroatoms. The monoisotopic (exact) mass is 488 g/mol. The number of halogens is 2. The van der Waals surface area contributed by atoms with Crippen molar-refractivity contribution in [3.05, 3.63) is 77.5 Å². The maximum atomic E-state index is 14.5. The molecule has 0 aliphatic heterocycles. The summed E-state index contributed by atoms with van der Waals surface area (Å²) >= 11 is 0. The Balaban J connectivity index is 1.46. The van der Waals surface area contributed by atoms with Gasteiger partial charge in [0.1, 0.15) is 23.0 Å². The number of aliphatic hydroxyl groups is 1. The number of fused-ring (bicyclic) bond motifs is 5. The smallest absolute Gasteiger partial charge is 0.135 e. The van der Waals surface area contributed by atoms with E-state index in [1.807, 2.05) is 12.3 Å². The minimum atomic E-state index is -0.657. The second-order valence-corrected chi connectivity index (χ2v) is 10.4. The van der Waals surface area contributed by atoms with E-state index in [-0.39, 0.29) is 22.6 Å². The largest absolute Gasteiger partial charge is 0.391 e. The summed E-state index contributed by atoms with van der Waals surface area (Å²) in [4.78, 5) is 9.51. The summed E-state index contributed by atoms with van der Waals surface area (Å²) in [6, 6.07) is 7.46. The van der Waals surface area contributed by atoms with Gasteiger partial charge in [-0.25, -0.2) is 13.8 Å². The molecule has 7 nitrogen and oxygen atoms in total. The first kappa shape index (κ1) is 22.8. The van der Waals surface area contributed by atoms with E-state index in [1.54, 1.807) is 30.1 Å². The number of benzene rings is 1. The van der Waals surface area contributed by atoms with Gasteiger partial charge in [0.15, 0.2) is 0 Å². The number of hydrogen-bond donors (Lipinski definition) is 1. The molecule has 2 bridgehead atoms. The molecule has 0 amide bonds. The van der Waals surface area contributed by atoms with Crippen LogP contribution < -0.4 is 0 Å². The van der Waals surface area contributed by atoms with Crippen molar-refractivity contribution in [3.8, 4) is 22.6 Å². The van der Waals surface area contributed by atoms with E-state index in [1.165, 1.54) is 18.2 Å². The molecule has 1 aromatic carbocycles. The van der Waals surface area contributed by atoms with Crippen LogP contribution in [0, 0.1) is 17.0 Å². The van der Waals surface area contributed by atoms with Gasteiger partial charge in [0.25, 0.3) is 0 Å². The van der Waals surface area contributed by atoms with Gasteiger partial charge in [-0.2, -0.15) is 10.2 Å². The van der Waals surface area contributed by atoms with Gasteiger partial charge in [-0.3, -0.25) is 9.67 Å². The Morgan fingerprint density at radius 3 is 2.61 bits per heavy atom. The predicted octanol–water partition coefficient (Wildman–Crippen LogP) is 4.66. The molecule has 0 saturated heterocycles. The van der Waals surface area contributed by atoms with E-state index in [9.17, 15) is 13.9 Å². The average Bonchev–Trinajstić information content (AvgIpc) is 3.46. The van der Waals surface area contributed by atoms with Crippen LogP contribution in [0.25, 0.3) is 22.6 Å². The molecule has 0 radical (unpaired) electrons. The SMILES string of the molecule is C[C@@H](O)Cn1ccc(-c2cncc([C@@]34CC[C@@H](c5cc(-c6c(F)cccc6F)nnc53)C4(C)C)n2)n1. The fraction of sp³-hybridized carbons (Fsp3) is 0.370. The summed E-state index contributed by atoms with van der Waals surface area (Å²) in [7, 11) is 0. The molecule has 4 aromatic rings. The Morgan fingerprint density at radius 2 is 1.86 bits per heavy atom. The van der Waals surface area contributed by atoms with Crippen molar-refractivity contribution in [1.82, 2.24) is 29.9 Å². The lowest BCUT2D eigenvalue weighted by Crippen LogP contribution is -2.38. The quantitative estimate of drug-likeness (QED) is 0.440. The molecule has 2 aliphatic rings. The van der Waals surface area contributed by atoms with Crippen LogP contribution in [0.3, 0.4) is 0 Å². The van der Waals surface area contributed by atoms with Crippen LogP contribution in [-0.4, -0.2) is 41.2 Å². The van der Waals surface area contributed by atoms with Crippen molar-refractivity contribution in [3.63, 3.8) is 0 Å². The molecule has 36 heavy (non-hydrogen) atoms. The van der Waals surface area contributed by atoms with E-state index in [2.05, 4.69) is 34.1 Å². The minimum Gasteiger partial charge on any atom is -0.391 e. The molecule has 3 aromatic heterocycles. The lowest BCUT2D eigenvalue weighted by atomic mass is 9.66. The maximum Gasteiger partial charge on any atom is 0.135 e. The fourth-order valence-corrected chi connectivity index (χ4v) is 6.32. The molecule has 3 heterocycles. The Morgan fingerprint density at radius 1 is 1.08 bits per heavy atom. The van der Waals surface area contributed by atoms with Gasteiger partial charge < -0.3 is 5.11 Å². The third-order valence-corrected chi connectivity index (χ3v) is 8.03. The second kappa shape index (κ2) is 7.96. The fourth-order valence-electron chi connectivity index (χ4n) is 6.32. The Kier molecular flexibility index (Phi) is 5.05. The minimum absolute atomic E-state index is 0.146. The first-order valence-electron chi connectivity index (χ1n) is 12.1. The van der Waals surface area contributed by atoms with Gasteiger partial charge >= 0.3 is 0 Å². The molecule has 0 spiro atoms. The van der Waals surface area contributed by atoms with Gasteiger partial charge in [0.05, 0.1) is 46.9 Å². The van der Waals surface area contributed by atoms with Crippen LogP contribution in [-0.2, 0) is 12.0 Å². The highest BCUT2D eigenvalue weighted by atomic mass is 19.1. The molecule has 184 valence electrons. The van der Waals surface area contributed by atoms with Crippen molar-refractivity contribution < 1.29 is 13.9 Å². The van der Waals surface area contributed by atoms with E-state index in [0.29, 0.717) is 17.9 Å². The summed E-state index contributed by atoms with van der Waals surface area (Å²) in [5.74, 6) is -1.17. The highest BCUT2D eigenvalue weighted by Gasteiger charge is 2.65. The van der Waals surface area contributed by atoms with E-state index >= 15 is 0 Å². The molecule has 1 fully saturated rings. The number of aliphatic hydroxyl groups excluding tert-OH is 1. The predicted molar refractivity (Wildman–Crippen MR) is 129 cm³/mol. The average molecular weight is 489 g/mol. The highest BCUT2D eigenvalue weighted by molar-refractivity contribution is 5.64. The zero-order valence-corrected chi connectivity index (χ0v) is 20.3. The molecule has 0 unspecified atom stereocenters. The van der Waals surface area contributed by atoms with Gasteiger partial charge in [0.2, 0.25) is 0 Å². The van der Waals surface area contributed by atoms with Crippen molar-refractivity contribution in [2.24, 2.45) is 5.41 Å². The van der Waals surface area contributed by atoms with E-state index in [4.69, 9.17) is 4.98 Å².